The second kappa shape index (κ2) is 6.51. The third kappa shape index (κ3) is 3.22. The Morgan fingerprint density at radius 2 is 2.04 bits per heavy atom. The molecule has 0 unspecified atom stereocenters. The van der Waals surface area contributed by atoms with E-state index < -0.39 is 0 Å². The van der Waals surface area contributed by atoms with Crippen LogP contribution in [0.2, 0.25) is 5.02 Å². The maximum Gasteiger partial charge on any atom is 0.267 e. The number of carbonyl (C=O) groups excluding carboxylic acids is 1. The highest BCUT2D eigenvalue weighted by atomic mass is 79.9. The number of anilines is 1. The number of hydrogen-bond acceptors (Lipinski definition) is 3. The summed E-state index contributed by atoms with van der Waals surface area (Å²) in [4.78, 5) is 13.0. The molecule has 118 valence electrons. The second-order valence-corrected chi connectivity index (χ2v) is 7.31. The Bertz CT molecular complexity index is 907. The van der Waals surface area contributed by atoms with Crippen molar-refractivity contribution in [1.29, 1.82) is 0 Å². The van der Waals surface area contributed by atoms with E-state index in [9.17, 15) is 4.79 Å². The van der Waals surface area contributed by atoms with Crippen LogP contribution in [0, 0.1) is 6.92 Å². The molecule has 0 bridgehead atoms. The summed E-state index contributed by atoms with van der Waals surface area (Å²) in [6.07, 6.45) is 0. The number of fused-ring (bicyclic) bond motifs is 1. The summed E-state index contributed by atoms with van der Waals surface area (Å²) < 4.78 is 7.10. The molecule has 3 rings (SSSR count). The zero-order valence-corrected chi connectivity index (χ0v) is 15.6. The van der Waals surface area contributed by atoms with Crippen molar-refractivity contribution in [2.75, 3.05) is 12.4 Å². The van der Waals surface area contributed by atoms with Crippen LogP contribution in [0.3, 0.4) is 0 Å². The molecule has 23 heavy (non-hydrogen) atoms. The Morgan fingerprint density at radius 1 is 1.26 bits per heavy atom. The summed E-state index contributed by atoms with van der Waals surface area (Å²) in [5.74, 6) is 0.498. The quantitative estimate of drug-likeness (QED) is 0.585. The van der Waals surface area contributed by atoms with Gasteiger partial charge in [-0.1, -0.05) is 33.6 Å². The summed E-state index contributed by atoms with van der Waals surface area (Å²) in [5.41, 5.74) is 1.83. The molecule has 0 spiro atoms. The molecular weight excluding hydrogens is 398 g/mol. The van der Waals surface area contributed by atoms with Crippen molar-refractivity contribution >= 4 is 60.5 Å². The minimum Gasteiger partial charge on any atom is -0.497 e. The second-order valence-electron chi connectivity index (χ2n) is 5.03. The lowest BCUT2D eigenvalue weighted by atomic mass is 10.2. The van der Waals surface area contributed by atoms with E-state index in [1.165, 1.54) is 11.3 Å². The molecule has 0 aliphatic rings. The number of carbonyl (C=O) groups is 1. The van der Waals surface area contributed by atoms with E-state index >= 15 is 0 Å². The molecule has 0 radical (unpaired) electrons. The molecule has 1 heterocycles. The van der Waals surface area contributed by atoms with Crippen LogP contribution in [-0.2, 0) is 0 Å². The lowest BCUT2D eigenvalue weighted by molar-refractivity contribution is 0.103. The molecule has 1 N–H and O–H groups in total. The van der Waals surface area contributed by atoms with E-state index in [1.807, 2.05) is 43.3 Å². The van der Waals surface area contributed by atoms with Crippen LogP contribution >= 0.6 is 38.9 Å². The number of hydrogen-bond donors (Lipinski definition) is 1. The number of methoxy groups -OCH3 is 1. The van der Waals surface area contributed by atoms with Crippen molar-refractivity contribution in [2.45, 2.75) is 6.92 Å². The van der Waals surface area contributed by atoms with E-state index in [0.29, 0.717) is 15.6 Å². The summed E-state index contributed by atoms with van der Waals surface area (Å²) >= 11 is 11.2. The first-order chi connectivity index (χ1) is 11.0. The first-order valence-electron chi connectivity index (χ1n) is 6.83. The van der Waals surface area contributed by atoms with Crippen molar-refractivity contribution in [1.82, 2.24) is 0 Å². The minimum absolute atomic E-state index is 0.217. The van der Waals surface area contributed by atoms with Crippen molar-refractivity contribution in [3.63, 3.8) is 0 Å². The van der Waals surface area contributed by atoms with Crippen LogP contribution in [0.1, 0.15) is 15.2 Å². The first-order valence-corrected chi connectivity index (χ1v) is 8.82. The predicted octanol–water partition coefficient (Wildman–Crippen LogP) is 5.89. The zero-order chi connectivity index (χ0) is 16.6. The topological polar surface area (TPSA) is 38.3 Å². The van der Waals surface area contributed by atoms with Crippen molar-refractivity contribution in [3.05, 3.63) is 56.3 Å². The molecule has 0 fully saturated rings. The molecule has 0 saturated carbocycles. The van der Waals surface area contributed by atoms with Crippen LogP contribution in [0.4, 0.5) is 5.69 Å². The maximum absolute atomic E-state index is 12.5. The number of amides is 1. The van der Waals surface area contributed by atoms with E-state index in [2.05, 4.69) is 21.2 Å². The molecule has 0 aliphatic heterocycles. The lowest BCUT2D eigenvalue weighted by Crippen LogP contribution is -2.10. The number of rotatable bonds is 3. The van der Waals surface area contributed by atoms with E-state index in [0.717, 1.165) is 25.8 Å². The molecule has 0 saturated heterocycles. The Hall–Kier alpha value is -1.56. The Morgan fingerprint density at radius 3 is 2.74 bits per heavy atom. The normalized spacial score (nSPS) is 10.8. The fourth-order valence-corrected chi connectivity index (χ4v) is 3.94. The molecule has 6 heteroatoms. The van der Waals surface area contributed by atoms with Gasteiger partial charge in [0, 0.05) is 20.2 Å². The molecule has 1 aromatic heterocycles. The summed E-state index contributed by atoms with van der Waals surface area (Å²) in [6.45, 7) is 1.99. The highest BCUT2D eigenvalue weighted by Crippen LogP contribution is 2.37. The molecule has 1 amide bonds. The van der Waals surface area contributed by atoms with Gasteiger partial charge in [-0.15, -0.1) is 11.3 Å². The summed E-state index contributed by atoms with van der Waals surface area (Å²) in [5, 5.41) is 4.16. The minimum atomic E-state index is -0.217. The number of thiophene rings is 1. The molecular formula is C17H13BrClNO2S. The zero-order valence-electron chi connectivity index (χ0n) is 12.4. The number of ether oxygens (including phenoxy) is 1. The van der Waals surface area contributed by atoms with Gasteiger partial charge in [-0.05, 0) is 42.8 Å². The average Bonchev–Trinajstić information content (AvgIpc) is 2.87. The Kier molecular flexibility index (Phi) is 4.62. The van der Waals surface area contributed by atoms with Gasteiger partial charge in [-0.2, -0.15) is 0 Å². The van der Waals surface area contributed by atoms with Crippen LogP contribution in [-0.4, -0.2) is 13.0 Å². The number of halogens is 2. The van der Waals surface area contributed by atoms with Gasteiger partial charge in [-0.25, -0.2) is 0 Å². The van der Waals surface area contributed by atoms with E-state index in [4.69, 9.17) is 16.3 Å². The van der Waals surface area contributed by atoms with Gasteiger partial charge in [0.15, 0.2) is 0 Å². The van der Waals surface area contributed by atoms with Crippen LogP contribution < -0.4 is 10.1 Å². The smallest absolute Gasteiger partial charge is 0.267 e. The first kappa shape index (κ1) is 16.3. The van der Waals surface area contributed by atoms with Gasteiger partial charge < -0.3 is 10.1 Å². The van der Waals surface area contributed by atoms with Gasteiger partial charge in [0.05, 0.1) is 12.1 Å². The standard InChI is InChI=1S/C17H13BrClNO2S/c1-9-3-4-10(7-13(9)18)20-17(21)16-15(19)12-8-11(22-2)5-6-14(12)23-16/h3-8H,1-2H3,(H,20,21). The van der Waals surface area contributed by atoms with Crippen molar-refractivity contribution < 1.29 is 9.53 Å². The third-order valence-electron chi connectivity index (χ3n) is 3.47. The van der Waals surface area contributed by atoms with Gasteiger partial charge in [-0.3, -0.25) is 4.79 Å². The van der Waals surface area contributed by atoms with Gasteiger partial charge >= 0.3 is 0 Å². The SMILES string of the molecule is COc1ccc2sc(C(=O)Nc3ccc(C)c(Br)c3)c(Cl)c2c1. The Balaban J connectivity index is 1.94. The van der Waals surface area contributed by atoms with Gasteiger partial charge in [0.1, 0.15) is 10.6 Å². The average molecular weight is 411 g/mol. The molecule has 0 atom stereocenters. The van der Waals surface area contributed by atoms with Crippen LogP contribution in [0.15, 0.2) is 40.9 Å². The largest absolute Gasteiger partial charge is 0.497 e. The fraction of sp³-hybridized carbons (Fsp3) is 0.118. The fourth-order valence-electron chi connectivity index (χ4n) is 2.18. The van der Waals surface area contributed by atoms with Gasteiger partial charge in [0.2, 0.25) is 0 Å². The van der Waals surface area contributed by atoms with E-state index in [1.54, 1.807) is 7.11 Å². The molecule has 3 nitrogen and oxygen atoms in total. The van der Waals surface area contributed by atoms with Crippen molar-refractivity contribution in [2.24, 2.45) is 0 Å². The molecule has 0 aliphatic carbocycles. The highest BCUT2D eigenvalue weighted by molar-refractivity contribution is 9.10. The van der Waals surface area contributed by atoms with Crippen LogP contribution in [0.25, 0.3) is 10.1 Å². The third-order valence-corrected chi connectivity index (χ3v) is 6.00. The highest BCUT2D eigenvalue weighted by Gasteiger charge is 2.18. The van der Waals surface area contributed by atoms with E-state index in [-0.39, 0.29) is 5.91 Å². The maximum atomic E-state index is 12.5. The number of aryl methyl sites for hydroxylation is 1. The monoisotopic (exact) mass is 409 g/mol. The Labute approximate surface area is 151 Å². The van der Waals surface area contributed by atoms with Crippen molar-refractivity contribution in [3.8, 4) is 5.75 Å². The number of benzene rings is 2. The molecule has 2 aromatic carbocycles. The van der Waals surface area contributed by atoms with Crippen LogP contribution in [0.5, 0.6) is 5.75 Å². The molecule has 3 aromatic rings. The summed E-state index contributed by atoms with van der Waals surface area (Å²) in [7, 11) is 1.60. The van der Waals surface area contributed by atoms with Gasteiger partial charge in [0.25, 0.3) is 5.91 Å². The summed E-state index contributed by atoms with van der Waals surface area (Å²) in [6, 6.07) is 11.3. The number of nitrogens with one attached hydrogen (secondary N) is 1. The predicted molar refractivity (Wildman–Crippen MR) is 100 cm³/mol. The lowest BCUT2D eigenvalue weighted by Gasteiger charge is -2.06.